The van der Waals surface area contributed by atoms with Gasteiger partial charge in [-0.25, -0.2) is 0 Å². The van der Waals surface area contributed by atoms with E-state index in [2.05, 4.69) is 10.3 Å². The number of aliphatic imine (C=N–C) groups is 1. The topological polar surface area (TPSA) is 64.9 Å². The van der Waals surface area contributed by atoms with E-state index in [0.29, 0.717) is 42.7 Å². The lowest BCUT2D eigenvalue weighted by molar-refractivity contribution is -0.143. The van der Waals surface area contributed by atoms with Crippen molar-refractivity contribution < 1.29 is 36.2 Å². The quantitative estimate of drug-likeness (QED) is 0.599. The van der Waals surface area contributed by atoms with Crippen LogP contribution >= 0.6 is 11.8 Å². The zero-order valence-corrected chi connectivity index (χ0v) is 17.6. The summed E-state index contributed by atoms with van der Waals surface area (Å²) in [6.07, 6.45) is -6.60. The van der Waals surface area contributed by atoms with Crippen molar-refractivity contribution >= 4 is 22.8 Å². The second kappa shape index (κ2) is 9.84. The molecule has 2 aliphatic rings. The van der Waals surface area contributed by atoms with Crippen LogP contribution in [0.25, 0.3) is 0 Å². The number of hydrogen-bond donors (Lipinski definition) is 2. The van der Waals surface area contributed by atoms with Gasteiger partial charge in [0.15, 0.2) is 0 Å². The van der Waals surface area contributed by atoms with Crippen LogP contribution in [0.2, 0.25) is 0 Å². The molecule has 1 saturated heterocycles. The highest BCUT2D eigenvalue weighted by atomic mass is 32.2. The summed E-state index contributed by atoms with van der Waals surface area (Å²) in [5.41, 5.74) is -2.79. The summed E-state index contributed by atoms with van der Waals surface area (Å²) in [6.45, 7) is 0.947. The predicted octanol–water partition coefficient (Wildman–Crippen LogP) is 4.67. The van der Waals surface area contributed by atoms with E-state index < -0.39 is 23.5 Å². The molecule has 1 amide bonds. The van der Waals surface area contributed by atoms with Crippen LogP contribution < -0.4 is 5.32 Å². The number of aliphatic hydroxyl groups is 1. The summed E-state index contributed by atoms with van der Waals surface area (Å²) in [4.78, 5) is 17.9. The number of halogens is 6. The number of nitrogens with zero attached hydrogens (tertiary/aromatic N) is 2. The first-order chi connectivity index (χ1) is 15.0. The van der Waals surface area contributed by atoms with Crippen LogP contribution in [0.5, 0.6) is 0 Å². The molecule has 1 fully saturated rings. The molecule has 5 nitrogen and oxygen atoms in total. The van der Waals surface area contributed by atoms with E-state index in [1.807, 2.05) is 6.08 Å². The molecular formula is C20H21F6N3O2S. The molecule has 1 aromatic rings. The third-order valence-corrected chi connectivity index (χ3v) is 6.01. The minimum absolute atomic E-state index is 0.0791. The third kappa shape index (κ3) is 6.26. The number of likely N-dealkylation sites (tertiary alicyclic amines) is 1. The number of allylic oxidation sites excluding steroid dienone is 1. The molecule has 2 aliphatic heterocycles. The number of amides is 1. The Balaban J connectivity index is 1.65. The lowest BCUT2D eigenvalue weighted by atomic mass is 9.95. The van der Waals surface area contributed by atoms with Crippen molar-refractivity contribution in [3.63, 3.8) is 0 Å². The van der Waals surface area contributed by atoms with Gasteiger partial charge in [-0.3, -0.25) is 9.69 Å². The Morgan fingerprint density at radius 3 is 2.44 bits per heavy atom. The van der Waals surface area contributed by atoms with Crippen LogP contribution in [0.1, 0.15) is 29.5 Å². The lowest BCUT2D eigenvalue weighted by Crippen LogP contribution is -2.34. The van der Waals surface area contributed by atoms with Crippen LogP contribution in [0, 0.1) is 5.92 Å². The number of alkyl halides is 6. The molecule has 0 aromatic heterocycles. The first-order valence-corrected chi connectivity index (χ1v) is 10.7. The SMILES string of the molecule is O=C1N=C(NCCO)C(=CC2CCN(Cc3ccc(C(F)(F)F)cc3C(F)(F)F)CC2)S1. The monoisotopic (exact) mass is 481 g/mol. The van der Waals surface area contributed by atoms with E-state index in [-0.39, 0.29) is 42.5 Å². The Hall–Kier alpha value is -2.05. The first kappa shape index (κ1) is 24.6. The van der Waals surface area contributed by atoms with Gasteiger partial charge in [0.1, 0.15) is 5.84 Å². The van der Waals surface area contributed by atoms with Crippen LogP contribution in [0.4, 0.5) is 31.1 Å². The van der Waals surface area contributed by atoms with Gasteiger partial charge < -0.3 is 10.4 Å². The molecular weight excluding hydrogens is 460 g/mol. The maximum atomic E-state index is 13.4. The molecule has 2 N–H and O–H groups in total. The molecule has 0 unspecified atom stereocenters. The van der Waals surface area contributed by atoms with E-state index in [9.17, 15) is 31.1 Å². The maximum Gasteiger partial charge on any atom is 0.416 e. The molecule has 0 spiro atoms. The van der Waals surface area contributed by atoms with E-state index in [1.165, 1.54) is 0 Å². The van der Waals surface area contributed by atoms with Gasteiger partial charge >= 0.3 is 17.6 Å². The summed E-state index contributed by atoms with van der Waals surface area (Å²) in [5, 5.41) is 11.4. The molecule has 0 atom stereocenters. The third-order valence-electron chi connectivity index (χ3n) is 5.19. The fraction of sp³-hybridized carbons (Fsp3) is 0.500. The Labute approximate surface area is 184 Å². The molecule has 0 aliphatic carbocycles. The Kier molecular flexibility index (Phi) is 7.56. The van der Waals surface area contributed by atoms with Crippen molar-refractivity contribution in [2.24, 2.45) is 10.9 Å². The minimum atomic E-state index is -4.89. The normalized spacial score (nSPS) is 20.2. The van der Waals surface area contributed by atoms with Crippen LogP contribution in [-0.4, -0.2) is 47.3 Å². The summed E-state index contributed by atoms with van der Waals surface area (Å²) in [5.74, 6) is 0.478. The van der Waals surface area contributed by atoms with Gasteiger partial charge in [0.25, 0.3) is 0 Å². The molecule has 176 valence electrons. The Morgan fingerprint density at radius 2 is 1.84 bits per heavy atom. The van der Waals surface area contributed by atoms with E-state index in [0.717, 1.165) is 17.8 Å². The number of benzene rings is 1. The van der Waals surface area contributed by atoms with Crippen molar-refractivity contribution in [3.05, 3.63) is 45.9 Å². The highest BCUT2D eigenvalue weighted by Gasteiger charge is 2.38. The van der Waals surface area contributed by atoms with Crippen molar-refractivity contribution in [3.8, 4) is 0 Å². The fourth-order valence-electron chi connectivity index (χ4n) is 3.61. The summed E-state index contributed by atoms with van der Waals surface area (Å²) in [6, 6.07) is 1.74. The molecule has 2 heterocycles. The van der Waals surface area contributed by atoms with Gasteiger partial charge in [0.05, 0.1) is 22.6 Å². The zero-order valence-electron chi connectivity index (χ0n) is 16.8. The lowest BCUT2D eigenvalue weighted by Gasteiger charge is -2.31. The maximum absolute atomic E-state index is 13.4. The molecule has 0 saturated carbocycles. The molecule has 0 radical (unpaired) electrons. The number of piperidine rings is 1. The second-order valence-electron chi connectivity index (χ2n) is 7.49. The average molecular weight is 481 g/mol. The molecule has 3 rings (SSSR count). The molecule has 12 heteroatoms. The average Bonchev–Trinajstić information content (AvgIpc) is 3.05. The summed E-state index contributed by atoms with van der Waals surface area (Å²) >= 11 is 0.973. The number of nitrogens with one attached hydrogen (secondary N) is 1. The van der Waals surface area contributed by atoms with Crippen LogP contribution in [-0.2, 0) is 18.9 Å². The number of thioether (sulfide) groups is 1. The highest BCUT2D eigenvalue weighted by Crippen LogP contribution is 2.38. The van der Waals surface area contributed by atoms with E-state index >= 15 is 0 Å². The number of carbonyl (C=O) groups is 1. The number of amidine groups is 1. The van der Waals surface area contributed by atoms with Crippen molar-refractivity contribution in [2.45, 2.75) is 31.7 Å². The summed E-state index contributed by atoms with van der Waals surface area (Å²) in [7, 11) is 0. The van der Waals surface area contributed by atoms with Gasteiger partial charge in [-0.05, 0) is 61.3 Å². The van der Waals surface area contributed by atoms with Gasteiger partial charge in [-0.2, -0.15) is 31.3 Å². The second-order valence-corrected chi connectivity index (χ2v) is 8.48. The smallest absolute Gasteiger partial charge is 0.395 e. The fourth-order valence-corrected chi connectivity index (χ4v) is 4.41. The van der Waals surface area contributed by atoms with Gasteiger partial charge in [0.2, 0.25) is 0 Å². The number of hydrogen-bond acceptors (Lipinski definition) is 5. The van der Waals surface area contributed by atoms with E-state index in [4.69, 9.17) is 5.11 Å². The summed E-state index contributed by atoms with van der Waals surface area (Å²) < 4.78 is 78.6. The highest BCUT2D eigenvalue weighted by molar-refractivity contribution is 8.18. The van der Waals surface area contributed by atoms with Crippen molar-refractivity contribution in [1.29, 1.82) is 0 Å². The Morgan fingerprint density at radius 1 is 1.16 bits per heavy atom. The zero-order chi connectivity index (χ0) is 23.5. The first-order valence-electron chi connectivity index (χ1n) is 9.84. The molecule has 32 heavy (non-hydrogen) atoms. The predicted molar refractivity (Wildman–Crippen MR) is 108 cm³/mol. The molecule has 0 bridgehead atoms. The van der Waals surface area contributed by atoms with Crippen LogP contribution in [0.15, 0.2) is 34.2 Å². The van der Waals surface area contributed by atoms with Gasteiger partial charge in [0, 0.05) is 13.1 Å². The van der Waals surface area contributed by atoms with Gasteiger partial charge in [-0.1, -0.05) is 12.1 Å². The standard InChI is InChI=1S/C20H21F6N3O2S/c21-19(22,23)14-2-1-13(15(10-14)20(24,25)26)11-29-6-3-12(4-7-29)9-16-17(27-5-8-30)28-18(31)32-16/h1-2,9-10,12,30H,3-8,11H2,(H,27,28,31). The largest absolute Gasteiger partial charge is 0.416 e. The van der Waals surface area contributed by atoms with Crippen molar-refractivity contribution in [1.82, 2.24) is 10.2 Å². The van der Waals surface area contributed by atoms with E-state index in [1.54, 1.807) is 4.90 Å². The van der Waals surface area contributed by atoms with Crippen molar-refractivity contribution in [2.75, 3.05) is 26.2 Å². The molecule has 1 aromatic carbocycles. The number of carbonyl (C=O) groups excluding carboxylic acids is 1. The van der Waals surface area contributed by atoms with Gasteiger partial charge in [-0.15, -0.1) is 0 Å². The Bertz CT molecular complexity index is 906. The van der Waals surface area contributed by atoms with Crippen LogP contribution in [0.3, 0.4) is 0 Å². The number of rotatable bonds is 5. The minimum Gasteiger partial charge on any atom is -0.395 e. The number of aliphatic hydroxyl groups excluding tert-OH is 1.